The number of carbonyl (C=O) groups excluding carboxylic acids is 3. The van der Waals surface area contributed by atoms with Gasteiger partial charge in [-0.2, -0.15) is 0 Å². The molecular formula is C30H22BrNO5S. The number of ether oxygens (including phenoxy) is 2. The third kappa shape index (κ3) is 5.51. The Morgan fingerprint density at radius 1 is 0.947 bits per heavy atom. The van der Waals surface area contributed by atoms with E-state index < -0.39 is 11.1 Å². The number of hydrogen-bond acceptors (Lipinski definition) is 6. The van der Waals surface area contributed by atoms with Crippen LogP contribution in [0.1, 0.15) is 21.5 Å². The summed E-state index contributed by atoms with van der Waals surface area (Å²) < 4.78 is 12.4. The third-order valence-electron chi connectivity index (χ3n) is 6.09. The maximum Gasteiger partial charge on any atom is 0.293 e. The van der Waals surface area contributed by atoms with Gasteiger partial charge in [0.15, 0.2) is 17.3 Å². The molecule has 1 aliphatic heterocycles. The van der Waals surface area contributed by atoms with Gasteiger partial charge in [-0.05, 0) is 64.0 Å². The number of rotatable bonds is 8. The lowest BCUT2D eigenvalue weighted by Gasteiger charge is -2.13. The van der Waals surface area contributed by atoms with Crippen LogP contribution in [0, 0.1) is 0 Å². The molecule has 4 aromatic rings. The van der Waals surface area contributed by atoms with Gasteiger partial charge in [-0.3, -0.25) is 19.3 Å². The van der Waals surface area contributed by atoms with Gasteiger partial charge in [-0.25, -0.2) is 0 Å². The van der Waals surface area contributed by atoms with Crippen LogP contribution in [0.5, 0.6) is 11.5 Å². The van der Waals surface area contributed by atoms with Crippen molar-refractivity contribution in [2.45, 2.75) is 6.61 Å². The van der Waals surface area contributed by atoms with Gasteiger partial charge in [0.25, 0.3) is 11.1 Å². The molecule has 1 fully saturated rings. The highest BCUT2D eigenvalue weighted by molar-refractivity contribution is 9.10. The first-order valence-electron chi connectivity index (χ1n) is 11.7. The van der Waals surface area contributed by atoms with Gasteiger partial charge < -0.3 is 9.47 Å². The first-order valence-corrected chi connectivity index (χ1v) is 13.4. The van der Waals surface area contributed by atoms with Crippen molar-refractivity contribution < 1.29 is 23.9 Å². The lowest BCUT2D eigenvalue weighted by Crippen LogP contribution is -2.33. The molecule has 190 valence electrons. The molecule has 0 spiro atoms. The number of Topliss-reactive ketones (excluding diaryl/α,β-unsaturated/α-hetero) is 1. The van der Waals surface area contributed by atoms with Gasteiger partial charge in [-0.15, -0.1) is 0 Å². The Morgan fingerprint density at radius 3 is 2.50 bits per heavy atom. The standard InChI is InChI=1S/C30H22BrNO5S/c1-36-27-15-19(9-14-26(27)37-18-22-7-4-6-20-5-2-3-8-24(20)22)16-28-29(34)32(30(35)38-28)17-25(33)21-10-12-23(31)13-11-21/h2-16H,17-18H2,1H3/b28-16+. The molecule has 0 saturated carbocycles. The largest absolute Gasteiger partial charge is 0.493 e. The predicted octanol–water partition coefficient (Wildman–Crippen LogP) is 7.11. The van der Waals surface area contributed by atoms with Crippen molar-refractivity contribution in [2.75, 3.05) is 13.7 Å². The average molecular weight is 588 g/mol. The monoisotopic (exact) mass is 587 g/mol. The Kier molecular flexibility index (Phi) is 7.62. The lowest BCUT2D eigenvalue weighted by molar-refractivity contribution is -0.122. The molecule has 8 heteroatoms. The van der Waals surface area contributed by atoms with E-state index in [0.717, 1.165) is 37.5 Å². The molecule has 1 heterocycles. The summed E-state index contributed by atoms with van der Waals surface area (Å²) in [6.07, 6.45) is 1.62. The molecule has 0 unspecified atom stereocenters. The summed E-state index contributed by atoms with van der Waals surface area (Å²) in [6.45, 7) is 0.0518. The summed E-state index contributed by atoms with van der Waals surface area (Å²) in [5.74, 6) is 0.255. The number of benzene rings is 4. The number of halogens is 1. The Balaban J connectivity index is 1.30. The van der Waals surface area contributed by atoms with E-state index in [1.165, 1.54) is 0 Å². The lowest BCUT2D eigenvalue weighted by atomic mass is 10.1. The second kappa shape index (κ2) is 11.2. The number of thioether (sulfide) groups is 1. The Hall–Kier alpha value is -3.88. The van der Waals surface area contributed by atoms with Crippen molar-refractivity contribution in [2.24, 2.45) is 0 Å². The minimum absolute atomic E-state index is 0.241. The van der Waals surface area contributed by atoms with Gasteiger partial charge in [0.1, 0.15) is 6.61 Å². The summed E-state index contributed by atoms with van der Waals surface area (Å²) in [5, 5.41) is 1.79. The number of fused-ring (bicyclic) bond motifs is 1. The molecular weight excluding hydrogens is 566 g/mol. The van der Waals surface area contributed by atoms with Crippen molar-refractivity contribution in [3.8, 4) is 11.5 Å². The Bertz CT molecular complexity index is 1580. The first-order chi connectivity index (χ1) is 18.4. The van der Waals surface area contributed by atoms with Gasteiger partial charge in [0.2, 0.25) is 0 Å². The van der Waals surface area contributed by atoms with E-state index in [2.05, 4.69) is 34.1 Å². The summed E-state index contributed by atoms with van der Waals surface area (Å²) in [4.78, 5) is 39.3. The minimum atomic E-state index is -0.499. The summed E-state index contributed by atoms with van der Waals surface area (Å²) in [7, 11) is 1.55. The van der Waals surface area contributed by atoms with Crippen molar-refractivity contribution in [3.05, 3.63) is 111 Å². The van der Waals surface area contributed by atoms with Gasteiger partial charge in [-0.1, -0.05) is 76.6 Å². The van der Waals surface area contributed by atoms with Gasteiger partial charge in [0.05, 0.1) is 18.6 Å². The molecule has 2 amide bonds. The van der Waals surface area contributed by atoms with E-state index in [4.69, 9.17) is 9.47 Å². The Labute approximate surface area is 232 Å². The maximum absolute atomic E-state index is 12.9. The Morgan fingerprint density at radius 2 is 1.71 bits per heavy atom. The van der Waals surface area contributed by atoms with Gasteiger partial charge in [0, 0.05) is 10.0 Å². The second-order valence-corrected chi connectivity index (χ2v) is 10.4. The molecule has 6 nitrogen and oxygen atoms in total. The van der Waals surface area contributed by atoms with Crippen LogP contribution in [0.4, 0.5) is 4.79 Å². The molecule has 0 N–H and O–H groups in total. The fourth-order valence-corrected chi connectivity index (χ4v) is 5.23. The molecule has 1 aliphatic rings. The van der Waals surface area contributed by atoms with E-state index in [1.807, 2.05) is 24.3 Å². The van der Waals surface area contributed by atoms with Crippen molar-refractivity contribution >= 4 is 61.5 Å². The number of hydrogen-bond donors (Lipinski definition) is 0. The third-order valence-corrected chi connectivity index (χ3v) is 7.53. The molecule has 0 aliphatic carbocycles. The molecule has 4 aromatic carbocycles. The second-order valence-electron chi connectivity index (χ2n) is 8.54. The number of ketones is 1. The molecule has 5 rings (SSSR count). The molecule has 1 saturated heterocycles. The average Bonchev–Trinajstić information content (AvgIpc) is 3.19. The van der Waals surface area contributed by atoms with E-state index in [-0.39, 0.29) is 17.2 Å². The molecule has 0 aromatic heterocycles. The number of nitrogens with zero attached hydrogens (tertiary/aromatic N) is 1. The van der Waals surface area contributed by atoms with E-state index in [9.17, 15) is 14.4 Å². The zero-order valence-electron chi connectivity index (χ0n) is 20.3. The predicted molar refractivity (Wildman–Crippen MR) is 152 cm³/mol. The van der Waals surface area contributed by atoms with Crippen LogP contribution in [0.2, 0.25) is 0 Å². The number of amides is 2. The first kappa shape index (κ1) is 25.8. The summed E-state index contributed by atoms with van der Waals surface area (Å²) >= 11 is 4.14. The number of methoxy groups -OCH3 is 1. The molecule has 38 heavy (non-hydrogen) atoms. The van der Waals surface area contributed by atoms with Crippen LogP contribution in [0.3, 0.4) is 0 Å². The fraction of sp³-hybridized carbons (Fsp3) is 0.100. The topological polar surface area (TPSA) is 72.9 Å². The zero-order valence-corrected chi connectivity index (χ0v) is 22.8. The highest BCUT2D eigenvalue weighted by atomic mass is 79.9. The molecule has 0 atom stereocenters. The smallest absolute Gasteiger partial charge is 0.293 e. The molecule has 0 radical (unpaired) electrons. The van der Waals surface area contributed by atoms with Crippen LogP contribution >= 0.6 is 27.7 Å². The van der Waals surface area contributed by atoms with Crippen LogP contribution in [0.25, 0.3) is 16.8 Å². The van der Waals surface area contributed by atoms with E-state index in [1.54, 1.807) is 55.7 Å². The summed E-state index contributed by atoms with van der Waals surface area (Å²) in [6, 6.07) is 26.3. The SMILES string of the molecule is COc1cc(/C=C2/SC(=O)N(CC(=O)c3ccc(Br)cc3)C2=O)ccc1OCc1cccc2ccccc12. The van der Waals surface area contributed by atoms with Crippen molar-refractivity contribution in [1.82, 2.24) is 4.90 Å². The van der Waals surface area contributed by atoms with E-state index >= 15 is 0 Å². The van der Waals surface area contributed by atoms with E-state index in [0.29, 0.717) is 29.2 Å². The van der Waals surface area contributed by atoms with Crippen LogP contribution in [-0.2, 0) is 11.4 Å². The fourth-order valence-electron chi connectivity index (χ4n) is 4.13. The molecule has 0 bridgehead atoms. The van der Waals surface area contributed by atoms with Crippen molar-refractivity contribution in [1.29, 1.82) is 0 Å². The highest BCUT2D eigenvalue weighted by Crippen LogP contribution is 2.35. The maximum atomic E-state index is 12.9. The van der Waals surface area contributed by atoms with Crippen LogP contribution in [0.15, 0.2) is 94.3 Å². The highest BCUT2D eigenvalue weighted by Gasteiger charge is 2.36. The normalized spacial score (nSPS) is 14.4. The minimum Gasteiger partial charge on any atom is -0.493 e. The van der Waals surface area contributed by atoms with Crippen molar-refractivity contribution in [3.63, 3.8) is 0 Å². The zero-order chi connectivity index (χ0) is 26.6. The number of carbonyl (C=O) groups is 3. The van der Waals surface area contributed by atoms with Crippen LogP contribution < -0.4 is 9.47 Å². The number of imide groups is 1. The quantitative estimate of drug-likeness (QED) is 0.161. The van der Waals surface area contributed by atoms with Crippen LogP contribution in [-0.4, -0.2) is 35.5 Å². The summed E-state index contributed by atoms with van der Waals surface area (Å²) in [5.41, 5.74) is 2.16. The van der Waals surface area contributed by atoms with Gasteiger partial charge >= 0.3 is 0 Å².